The van der Waals surface area contributed by atoms with E-state index < -0.39 is 0 Å². The summed E-state index contributed by atoms with van der Waals surface area (Å²) in [7, 11) is 0. The molecule has 1 rings (SSSR count). The maximum absolute atomic E-state index is 3.37. The summed E-state index contributed by atoms with van der Waals surface area (Å²) in [6.07, 6.45) is 5.06. The molecule has 0 aromatic heterocycles. The minimum Gasteiger partial charge on any atom is -0.0928 e. The van der Waals surface area contributed by atoms with E-state index in [1.54, 1.807) is 0 Å². The number of hydrogen-bond acceptors (Lipinski definition) is 0. The highest BCUT2D eigenvalue weighted by Crippen LogP contribution is 2.30. The summed E-state index contributed by atoms with van der Waals surface area (Å²) in [5, 5.41) is 1.17. The van der Waals surface area contributed by atoms with Crippen LogP contribution in [0.3, 0.4) is 0 Å². The highest BCUT2D eigenvalue weighted by Gasteiger charge is 2.19. The molecule has 35 valence electrons. The molecule has 0 aromatic rings. The van der Waals surface area contributed by atoms with E-state index in [4.69, 9.17) is 0 Å². The molecule has 0 heterocycles. The molecule has 1 saturated carbocycles. The third-order valence-corrected chi connectivity index (χ3v) is 1.51. The molecule has 0 saturated heterocycles. The third kappa shape index (κ3) is 1.29. The van der Waals surface area contributed by atoms with Crippen LogP contribution in [0.2, 0.25) is 0 Å². The Morgan fingerprint density at radius 1 is 1.83 bits per heavy atom. The number of rotatable bonds is 2. The molecule has 1 fully saturated rings. The minimum atomic E-state index is 0.976. The summed E-state index contributed by atoms with van der Waals surface area (Å²) >= 11 is 3.37. The van der Waals surface area contributed by atoms with Crippen LogP contribution < -0.4 is 0 Å². The van der Waals surface area contributed by atoms with Crippen molar-refractivity contribution in [3.63, 3.8) is 0 Å². The van der Waals surface area contributed by atoms with Crippen molar-refractivity contribution in [1.82, 2.24) is 0 Å². The third-order valence-electron chi connectivity index (χ3n) is 1.05. The Morgan fingerprint density at radius 3 is 2.67 bits per heavy atom. The summed E-state index contributed by atoms with van der Waals surface area (Å²) in [4.78, 5) is 0. The van der Waals surface area contributed by atoms with Gasteiger partial charge in [-0.25, -0.2) is 0 Å². The second-order valence-electron chi connectivity index (χ2n) is 1.71. The molecule has 1 aliphatic rings. The van der Waals surface area contributed by atoms with Crippen molar-refractivity contribution in [2.75, 3.05) is 5.33 Å². The van der Waals surface area contributed by atoms with Crippen molar-refractivity contribution in [2.24, 2.45) is 5.92 Å². The first-order valence-corrected chi connectivity index (χ1v) is 3.45. The molecule has 1 heteroatoms. The molecular weight excluding hydrogens is 140 g/mol. The van der Waals surface area contributed by atoms with E-state index in [1.807, 2.05) is 0 Å². The van der Waals surface area contributed by atoms with Crippen LogP contribution in [0.1, 0.15) is 12.8 Å². The molecule has 0 nitrogen and oxygen atoms in total. The number of halogens is 1. The van der Waals surface area contributed by atoms with E-state index in [0.717, 1.165) is 5.92 Å². The van der Waals surface area contributed by atoms with Crippen molar-refractivity contribution in [3.05, 3.63) is 6.42 Å². The molecule has 1 radical (unpaired) electrons. The molecular formula is C5H8Br. The van der Waals surface area contributed by atoms with Crippen LogP contribution >= 0.6 is 15.9 Å². The Kier molecular flexibility index (Phi) is 1.52. The van der Waals surface area contributed by atoms with Crippen molar-refractivity contribution in [3.8, 4) is 0 Å². The molecule has 1 atom stereocenters. The van der Waals surface area contributed by atoms with Gasteiger partial charge < -0.3 is 0 Å². The lowest BCUT2D eigenvalue weighted by atomic mass is 10.3. The Labute approximate surface area is 47.1 Å². The van der Waals surface area contributed by atoms with Gasteiger partial charge in [-0.1, -0.05) is 15.9 Å². The highest BCUT2D eigenvalue weighted by atomic mass is 79.9. The van der Waals surface area contributed by atoms with Gasteiger partial charge in [0.1, 0.15) is 0 Å². The zero-order chi connectivity index (χ0) is 4.41. The van der Waals surface area contributed by atoms with Crippen molar-refractivity contribution in [1.29, 1.82) is 0 Å². The normalized spacial score (nSPS) is 21.5. The van der Waals surface area contributed by atoms with Crippen molar-refractivity contribution in [2.45, 2.75) is 12.8 Å². The topological polar surface area (TPSA) is 0 Å². The number of hydrogen-bond donors (Lipinski definition) is 0. The summed E-state index contributed by atoms with van der Waals surface area (Å²) in [5.74, 6) is 0.976. The average Bonchev–Trinajstić information content (AvgIpc) is 2.21. The van der Waals surface area contributed by atoms with E-state index in [0.29, 0.717) is 0 Å². The summed E-state index contributed by atoms with van der Waals surface area (Å²) < 4.78 is 0. The van der Waals surface area contributed by atoms with E-state index in [-0.39, 0.29) is 0 Å². The lowest BCUT2D eigenvalue weighted by molar-refractivity contribution is 0.840. The maximum Gasteiger partial charge on any atom is 0.00340 e. The fourth-order valence-electron chi connectivity index (χ4n) is 0.472. The molecule has 0 aromatic carbocycles. The first-order valence-electron chi connectivity index (χ1n) is 2.33. The van der Waals surface area contributed by atoms with Gasteiger partial charge >= 0.3 is 0 Å². The van der Waals surface area contributed by atoms with E-state index in [1.165, 1.54) is 18.2 Å². The second-order valence-corrected chi connectivity index (χ2v) is 2.50. The second kappa shape index (κ2) is 1.97. The molecule has 1 unspecified atom stereocenters. The summed E-state index contributed by atoms with van der Waals surface area (Å²) in [5.41, 5.74) is 0. The van der Waals surface area contributed by atoms with Crippen molar-refractivity contribution >= 4 is 15.9 Å². The lowest BCUT2D eigenvalue weighted by Gasteiger charge is -1.81. The van der Waals surface area contributed by atoms with E-state index in [9.17, 15) is 0 Å². The van der Waals surface area contributed by atoms with Gasteiger partial charge in [-0.2, -0.15) is 0 Å². The van der Waals surface area contributed by atoms with Crippen LogP contribution in [0, 0.1) is 12.3 Å². The monoisotopic (exact) mass is 147 g/mol. The fourth-order valence-corrected chi connectivity index (χ4v) is 1.06. The zero-order valence-electron chi connectivity index (χ0n) is 3.65. The highest BCUT2D eigenvalue weighted by molar-refractivity contribution is 9.09. The first-order chi connectivity index (χ1) is 2.93. The largest absolute Gasteiger partial charge is 0.0928 e. The molecule has 1 aliphatic carbocycles. The quantitative estimate of drug-likeness (QED) is 0.525. The van der Waals surface area contributed by atoms with Crippen LogP contribution in [0.4, 0.5) is 0 Å². The van der Waals surface area contributed by atoms with Gasteiger partial charge in [0.05, 0.1) is 0 Å². The Bertz CT molecular complexity index is 39.2. The average molecular weight is 148 g/mol. The van der Waals surface area contributed by atoms with Gasteiger partial charge in [-0.3, -0.25) is 0 Å². The van der Waals surface area contributed by atoms with Crippen LogP contribution in [0.25, 0.3) is 0 Å². The SMILES string of the molecule is BrCCC1[CH]C1. The summed E-state index contributed by atoms with van der Waals surface area (Å²) in [6.45, 7) is 0. The van der Waals surface area contributed by atoms with E-state index in [2.05, 4.69) is 22.4 Å². The molecule has 0 bridgehead atoms. The van der Waals surface area contributed by atoms with Crippen LogP contribution in [-0.4, -0.2) is 5.33 Å². The Morgan fingerprint density at radius 2 is 2.50 bits per heavy atom. The predicted octanol–water partition coefficient (Wildman–Crippen LogP) is 2.00. The Hall–Kier alpha value is 0.480. The van der Waals surface area contributed by atoms with Gasteiger partial charge in [0.2, 0.25) is 0 Å². The maximum atomic E-state index is 3.37. The van der Waals surface area contributed by atoms with Gasteiger partial charge in [-0.05, 0) is 25.2 Å². The van der Waals surface area contributed by atoms with Gasteiger partial charge in [0, 0.05) is 5.33 Å². The van der Waals surface area contributed by atoms with Crippen LogP contribution in [-0.2, 0) is 0 Å². The smallest absolute Gasteiger partial charge is 0.00340 e. The molecule has 0 spiro atoms. The predicted molar refractivity (Wildman–Crippen MR) is 30.8 cm³/mol. The van der Waals surface area contributed by atoms with Gasteiger partial charge in [0.25, 0.3) is 0 Å². The number of alkyl halides is 1. The van der Waals surface area contributed by atoms with Crippen molar-refractivity contribution < 1.29 is 0 Å². The first kappa shape index (κ1) is 4.63. The lowest BCUT2D eigenvalue weighted by Crippen LogP contribution is -1.72. The molecule has 0 amide bonds. The van der Waals surface area contributed by atoms with E-state index >= 15 is 0 Å². The fraction of sp³-hybridized carbons (Fsp3) is 0.800. The van der Waals surface area contributed by atoms with Crippen LogP contribution in [0.15, 0.2) is 0 Å². The molecule has 0 N–H and O–H groups in total. The van der Waals surface area contributed by atoms with Crippen LogP contribution in [0.5, 0.6) is 0 Å². The molecule has 6 heavy (non-hydrogen) atoms. The summed E-state index contributed by atoms with van der Waals surface area (Å²) in [6, 6.07) is 0. The minimum absolute atomic E-state index is 0.976. The van der Waals surface area contributed by atoms with Gasteiger partial charge in [-0.15, -0.1) is 0 Å². The molecule has 0 aliphatic heterocycles. The zero-order valence-corrected chi connectivity index (χ0v) is 5.24. The Balaban J connectivity index is 1.88. The standard InChI is InChI=1S/C5H8Br/c6-4-3-5-1-2-5/h1,5H,2-4H2. The van der Waals surface area contributed by atoms with Gasteiger partial charge in [0.15, 0.2) is 0 Å².